The molecule has 2 atom stereocenters. The zero-order valence-corrected chi connectivity index (χ0v) is 12.3. The summed E-state index contributed by atoms with van der Waals surface area (Å²) in [5.41, 5.74) is -0.221. The number of hydrogen-bond acceptors (Lipinski definition) is 3. The standard InChI is InChI=1S/C13H18F3NO2S/c1-4-17-12(9(2)20(3,18)19)10-5-7-11(8-6-10)13(14,15)16/h5-9,12,17H,4H2,1-3H3. The minimum absolute atomic E-state index is 0.519. The molecule has 0 spiro atoms. The molecule has 2 unspecified atom stereocenters. The van der Waals surface area contributed by atoms with Crippen LogP contribution < -0.4 is 5.32 Å². The van der Waals surface area contributed by atoms with E-state index in [4.69, 9.17) is 0 Å². The maximum atomic E-state index is 12.5. The van der Waals surface area contributed by atoms with Gasteiger partial charge >= 0.3 is 6.18 Å². The van der Waals surface area contributed by atoms with Crippen LogP contribution in [0, 0.1) is 0 Å². The van der Waals surface area contributed by atoms with Crippen molar-refractivity contribution in [3.8, 4) is 0 Å². The first-order valence-electron chi connectivity index (χ1n) is 6.16. The van der Waals surface area contributed by atoms with Gasteiger partial charge in [-0.15, -0.1) is 0 Å². The number of sulfone groups is 1. The first kappa shape index (κ1) is 17.0. The van der Waals surface area contributed by atoms with Crippen molar-refractivity contribution in [2.75, 3.05) is 12.8 Å². The van der Waals surface area contributed by atoms with Gasteiger partial charge in [0.25, 0.3) is 0 Å². The highest BCUT2D eigenvalue weighted by Gasteiger charge is 2.31. The lowest BCUT2D eigenvalue weighted by Crippen LogP contribution is -2.35. The Morgan fingerprint density at radius 3 is 2.05 bits per heavy atom. The van der Waals surface area contributed by atoms with Gasteiger partial charge in [0.1, 0.15) is 0 Å². The van der Waals surface area contributed by atoms with Crippen molar-refractivity contribution in [1.82, 2.24) is 5.32 Å². The van der Waals surface area contributed by atoms with Crippen LogP contribution in [0.1, 0.15) is 31.0 Å². The maximum absolute atomic E-state index is 12.5. The number of hydrogen-bond donors (Lipinski definition) is 1. The number of halogens is 3. The molecule has 0 saturated carbocycles. The predicted molar refractivity (Wildman–Crippen MR) is 72.2 cm³/mol. The summed E-state index contributed by atoms with van der Waals surface area (Å²) in [5.74, 6) is 0. The van der Waals surface area contributed by atoms with Crippen molar-refractivity contribution >= 4 is 9.84 Å². The first-order valence-corrected chi connectivity index (χ1v) is 8.12. The normalized spacial score (nSPS) is 15.9. The van der Waals surface area contributed by atoms with E-state index in [1.54, 1.807) is 6.92 Å². The fourth-order valence-corrected chi connectivity index (χ4v) is 2.65. The molecule has 0 amide bonds. The summed E-state index contributed by atoms with van der Waals surface area (Å²) in [4.78, 5) is 0. The first-order chi connectivity index (χ1) is 9.07. The number of alkyl halides is 3. The van der Waals surface area contributed by atoms with Gasteiger partial charge in [-0.25, -0.2) is 8.42 Å². The Bertz CT molecular complexity index is 538. The summed E-state index contributed by atoms with van der Waals surface area (Å²) >= 11 is 0. The van der Waals surface area contributed by atoms with Gasteiger partial charge in [0.05, 0.1) is 10.8 Å². The van der Waals surface area contributed by atoms with Gasteiger partial charge in [-0.2, -0.15) is 13.2 Å². The second-order valence-electron chi connectivity index (χ2n) is 4.69. The van der Waals surface area contributed by atoms with E-state index in [1.165, 1.54) is 12.1 Å². The van der Waals surface area contributed by atoms with Crippen LogP contribution in [-0.4, -0.2) is 26.5 Å². The molecule has 0 bridgehead atoms. The summed E-state index contributed by atoms with van der Waals surface area (Å²) in [6.07, 6.45) is -3.28. The minimum Gasteiger partial charge on any atom is -0.309 e. The molecule has 0 saturated heterocycles. The van der Waals surface area contributed by atoms with E-state index in [-0.39, 0.29) is 0 Å². The highest BCUT2D eigenvalue weighted by molar-refractivity contribution is 7.91. The molecule has 0 heterocycles. The Morgan fingerprint density at radius 2 is 1.70 bits per heavy atom. The van der Waals surface area contributed by atoms with Crippen LogP contribution in [-0.2, 0) is 16.0 Å². The molecule has 0 fully saturated rings. The molecule has 20 heavy (non-hydrogen) atoms. The molecule has 0 aromatic heterocycles. The third-order valence-corrected chi connectivity index (χ3v) is 4.79. The maximum Gasteiger partial charge on any atom is 0.416 e. The third-order valence-electron chi connectivity index (χ3n) is 3.17. The van der Waals surface area contributed by atoms with E-state index in [0.29, 0.717) is 12.1 Å². The second-order valence-corrected chi connectivity index (χ2v) is 7.09. The zero-order chi connectivity index (χ0) is 15.6. The lowest BCUT2D eigenvalue weighted by molar-refractivity contribution is -0.137. The largest absolute Gasteiger partial charge is 0.416 e. The summed E-state index contributed by atoms with van der Waals surface area (Å²) in [6.45, 7) is 3.87. The molecule has 0 radical (unpaired) electrons. The molecule has 0 aliphatic rings. The van der Waals surface area contributed by atoms with Crippen molar-refractivity contribution in [2.45, 2.75) is 31.3 Å². The SMILES string of the molecule is CCNC(c1ccc(C(F)(F)F)cc1)C(C)S(C)(=O)=O. The van der Waals surface area contributed by atoms with Crippen LogP contribution in [0.4, 0.5) is 13.2 Å². The average molecular weight is 309 g/mol. The predicted octanol–water partition coefficient (Wildman–Crippen LogP) is 2.79. The molecule has 1 N–H and O–H groups in total. The molecule has 3 nitrogen and oxygen atoms in total. The molecular formula is C13H18F3NO2S. The number of rotatable bonds is 5. The fourth-order valence-electron chi connectivity index (χ4n) is 1.90. The lowest BCUT2D eigenvalue weighted by atomic mass is 10.0. The molecule has 1 aromatic carbocycles. The third kappa shape index (κ3) is 4.21. The molecule has 7 heteroatoms. The van der Waals surface area contributed by atoms with Crippen molar-refractivity contribution < 1.29 is 21.6 Å². The smallest absolute Gasteiger partial charge is 0.309 e. The molecule has 0 aliphatic heterocycles. The summed E-state index contributed by atoms with van der Waals surface area (Å²) in [5, 5.41) is 2.28. The molecular weight excluding hydrogens is 291 g/mol. The summed E-state index contributed by atoms with van der Waals surface area (Å²) in [6, 6.07) is 4.04. The molecule has 1 aromatic rings. The van der Waals surface area contributed by atoms with Gasteiger partial charge < -0.3 is 5.32 Å². The monoisotopic (exact) mass is 309 g/mol. The van der Waals surface area contributed by atoms with Gasteiger partial charge in [-0.05, 0) is 31.2 Å². The van der Waals surface area contributed by atoms with Crippen LogP contribution in [0.3, 0.4) is 0 Å². The fraction of sp³-hybridized carbons (Fsp3) is 0.538. The molecule has 1 rings (SSSR count). The van der Waals surface area contributed by atoms with Gasteiger partial charge in [0.2, 0.25) is 0 Å². The Morgan fingerprint density at radius 1 is 1.20 bits per heavy atom. The lowest BCUT2D eigenvalue weighted by Gasteiger charge is -2.24. The minimum atomic E-state index is -4.39. The van der Waals surface area contributed by atoms with Crippen LogP contribution in [0.2, 0.25) is 0 Å². The quantitative estimate of drug-likeness (QED) is 0.910. The topological polar surface area (TPSA) is 46.2 Å². The van der Waals surface area contributed by atoms with E-state index >= 15 is 0 Å². The van der Waals surface area contributed by atoms with Crippen molar-refractivity contribution in [3.05, 3.63) is 35.4 Å². The molecule has 114 valence electrons. The van der Waals surface area contributed by atoms with Crippen LogP contribution >= 0.6 is 0 Å². The van der Waals surface area contributed by atoms with Crippen molar-refractivity contribution in [1.29, 1.82) is 0 Å². The van der Waals surface area contributed by atoms with E-state index in [2.05, 4.69) is 5.32 Å². The van der Waals surface area contributed by atoms with E-state index < -0.39 is 32.9 Å². The van der Waals surface area contributed by atoms with E-state index in [1.807, 2.05) is 6.92 Å². The Balaban J connectivity index is 3.11. The Hall–Kier alpha value is -1.08. The highest BCUT2D eigenvalue weighted by Crippen LogP contribution is 2.30. The average Bonchev–Trinajstić information content (AvgIpc) is 2.33. The number of benzene rings is 1. The van der Waals surface area contributed by atoms with Gasteiger partial charge in [-0.1, -0.05) is 19.1 Å². The van der Waals surface area contributed by atoms with Crippen molar-refractivity contribution in [3.63, 3.8) is 0 Å². The van der Waals surface area contributed by atoms with E-state index in [0.717, 1.165) is 18.4 Å². The molecule has 0 aliphatic carbocycles. The van der Waals surface area contributed by atoms with Gasteiger partial charge in [0, 0.05) is 12.3 Å². The second kappa shape index (κ2) is 6.13. The Labute approximate surface area is 117 Å². The zero-order valence-electron chi connectivity index (χ0n) is 11.5. The highest BCUT2D eigenvalue weighted by atomic mass is 32.2. The van der Waals surface area contributed by atoms with Crippen molar-refractivity contribution in [2.24, 2.45) is 0 Å². The summed E-state index contributed by atoms with van der Waals surface area (Å²) in [7, 11) is -3.30. The van der Waals surface area contributed by atoms with Gasteiger partial charge in [0.15, 0.2) is 9.84 Å². The number of nitrogens with one attached hydrogen (secondary N) is 1. The van der Waals surface area contributed by atoms with Gasteiger partial charge in [-0.3, -0.25) is 0 Å². The van der Waals surface area contributed by atoms with Crippen LogP contribution in [0.5, 0.6) is 0 Å². The Kier molecular flexibility index (Phi) is 5.21. The summed E-state index contributed by atoms with van der Waals surface area (Å²) < 4.78 is 60.8. The van der Waals surface area contributed by atoms with Crippen LogP contribution in [0.15, 0.2) is 24.3 Å². The van der Waals surface area contributed by atoms with E-state index in [9.17, 15) is 21.6 Å². The van der Waals surface area contributed by atoms with Crippen LogP contribution in [0.25, 0.3) is 0 Å².